The maximum Gasteiger partial charge on any atom is 0.234 e. The highest BCUT2D eigenvalue weighted by Crippen LogP contribution is 2.43. The van der Waals surface area contributed by atoms with Crippen molar-refractivity contribution in [2.45, 2.75) is 31.8 Å². The highest BCUT2D eigenvalue weighted by molar-refractivity contribution is 5.55. The van der Waals surface area contributed by atoms with Crippen molar-refractivity contribution in [3.63, 3.8) is 0 Å². The normalized spacial score (nSPS) is 18.3. The molecular formula is C19H19N3O3. The molecule has 0 saturated carbocycles. The quantitative estimate of drug-likeness (QED) is 0.723. The van der Waals surface area contributed by atoms with Gasteiger partial charge in [-0.05, 0) is 26.0 Å². The van der Waals surface area contributed by atoms with Crippen LogP contribution in [0.15, 0.2) is 47.1 Å². The lowest BCUT2D eigenvalue weighted by Crippen LogP contribution is -2.35. The van der Waals surface area contributed by atoms with Crippen LogP contribution in [0.4, 0.5) is 0 Å². The van der Waals surface area contributed by atoms with Crippen molar-refractivity contribution >= 4 is 0 Å². The molecule has 128 valence electrons. The minimum Gasteiger partial charge on any atom is -0.488 e. The van der Waals surface area contributed by atoms with Crippen LogP contribution in [0.2, 0.25) is 0 Å². The van der Waals surface area contributed by atoms with Crippen LogP contribution >= 0.6 is 0 Å². The number of hydrogen-bond acceptors (Lipinski definition) is 6. The average Bonchev–Trinajstić information content (AvgIpc) is 3.10. The molecule has 1 atom stereocenters. The van der Waals surface area contributed by atoms with E-state index < -0.39 is 0 Å². The fourth-order valence-corrected chi connectivity index (χ4v) is 3.18. The number of aromatic nitrogens is 3. The number of hydrogen-bond donors (Lipinski definition) is 0. The lowest BCUT2D eigenvalue weighted by molar-refractivity contribution is 0.0725. The van der Waals surface area contributed by atoms with Gasteiger partial charge in [-0.2, -0.15) is 4.98 Å². The van der Waals surface area contributed by atoms with Gasteiger partial charge in [0.2, 0.25) is 17.6 Å². The van der Waals surface area contributed by atoms with E-state index in [0.29, 0.717) is 17.6 Å². The Morgan fingerprint density at radius 2 is 2.04 bits per heavy atom. The van der Waals surface area contributed by atoms with Crippen LogP contribution in [0.3, 0.4) is 0 Å². The Bertz CT molecular complexity index is 904. The molecule has 6 heteroatoms. The van der Waals surface area contributed by atoms with E-state index >= 15 is 0 Å². The van der Waals surface area contributed by atoms with Crippen molar-refractivity contribution in [3.05, 3.63) is 54.0 Å². The van der Waals surface area contributed by atoms with Gasteiger partial charge in [-0.1, -0.05) is 23.4 Å². The number of nitrogens with zero attached hydrogens (tertiary/aromatic N) is 3. The number of pyridine rings is 1. The van der Waals surface area contributed by atoms with Crippen molar-refractivity contribution < 1.29 is 14.0 Å². The molecule has 0 radical (unpaired) electrons. The molecule has 4 rings (SSSR count). The van der Waals surface area contributed by atoms with Gasteiger partial charge in [0, 0.05) is 29.8 Å². The smallest absolute Gasteiger partial charge is 0.234 e. The summed E-state index contributed by atoms with van der Waals surface area (Å²) < 4.78 is 16.8. The Labute approximate surface area is 145 Å². The first-order valence-electron chi connectivity index (χ1n) is 8.18. The summed E-state index contributed by atoms with van der Waals surface area (Å²) in [5, 5.41) is 4.15. The Hall–Kier alpha value is -2.89. The van der Waals surface area contributed by atoms with Crippen LogP contribution in [0.25, 0.3) is 11.4 Å². The summed E-state index contributed by atoms with van der Waals surface area (Å²) in [5.41, 5.74) is 1.58. The molecule has 1 unspecified atom stereocenters. The van der Waals surface area contributed by atoms with Gasteiger partial charge in [0.05, 0.1) is 13.0 Å². The average molecular weight is 337 g/mol. The third-order valence-electron chi connectivity index (χ3n) is 4.32. The van der Waals surface area contributed by atoms with Gasteiger partial charge in [0.1, 0.15) is 11.4 Å². The van der Waals surface area contributed by atoms with E-state index in [1.165, 1.54) is 0 Å². The van der Waals surface area contributed by atoms with Gasteiger partial charge in [0.15, 0.2) is 0 Å². The molecule has 1 aliphatic heterocycles. The number of methoxy groups -OCH3 is 1. The summed E-state index contributed by atoms with van der Waals surface area (Å²) in [4.78, 5) is 8.73. The van der Waals surface area contributed by atoms with E-state index in [0.717, 1.165) is 23.3 Å². The molecule has 0 saturated heterocycles. The van der Waals surface area contributed by atoms with E-state index in [-0.39, 0.29) is 11.5 Å². The molecule has 0 N–H and O–H groups in total. The first-order chi connectivity index (χ1) is 12.1. The summed E-state index contributed by atoms with van der Waals surface area (Å²) in [5.74, 6) is 2.51. The molecule has 0 bridgehead atoms. The van der Waals surface area contributed by atoms with Crippen LogP contribution in [0, 0.1) is 0 Å². The Balaban J connectivity index is 1.72. The van der Waals surface area contributed by atoms with Gasteiger partial charge in [-0.15, -0.1) is 0 Å². The zero-order valence-electron chi connectivity index (χ0n) is 14.4. The summed E-state index contributed by atoms with van der Waals surface area (Å²) in [6, 6.07) is 11.6. The molecule has 0 fully saturated rings. The van der Waals surface area contributed by atoms with Crippen LogP contribution in [0.1, 0.15) is 37.6 Å². The van der Waals surface area contributed by atoms with E-state index in [1.54, 1.807) is 19.4 Å². The summed E-state index contributed by atoms with van der Waals surface area (Å²) in [7, 11) is 1.58. The number of rotatable bonds is 3. The van der Waals surface area contributed by atoms with Crippen LogP contribution in [-0.2, 0) is 0 Å². The first kappa shape index (κ1) is 15.6. The van der Waals surface area contributed by atoms with Crippen molar-refractivity contribution in [1.29, 1.82) is 0 Å². The maximum absolute atomic E-state index is 6.08. The molecule has 1 aliphatic rings. The van der Waals surface area contributed by atoms with Gasteiger partial charge >= 0.3 is 0 Å². The van der Waals surface area contributed by atoms with Crippen LogP contribution < -0.4 is 9.47 Å². The minimum atomic E-state index is -0.298. The topological polar surface area (TPSA) is 70.3 Å². The lowest BCUT2D eigenvalue weighted by atomic mass is 9.84. The molecule has 0 aliphatic carbocycles. The predicted molar refractivity (Wildman–Crippen MR) is 91.7 cm³/mol. The molecule has 0 spiro atoms. The number of para-hydroxylation sites is 1. The Kier molecular flexibility index (Phi) is 3.67. The fraction of sp³-hybridized carbons (Fsp3) is 0.316. The fourth-order valence-electron chi connectivity index (χ4n) is 3.18. The van der Waals surface area contributed by atoms with E-state index in [4.69, 9.17) is 14.0 Å². The molecular weight excluding hydrogens is 318 g/mol. The summed E-state index contributed by atoms with van der Waals surface area (Å²) >= 11 is 0. The van der Waals surface area contributed by atoms with Gasteiger partial charge < -0.3 is 14.0 Å². The van der Waals surface area contributed by atoms with E-state index in [1.807, 2.05) is 24.3 Å². The van der Waals surface area contributed by atoms with Crippen LogP contribution in [0.5, 0.6) is 11.6 Å². The second kappa shape index (κ2) is 5.88. The maximum atomic E-state index is 6.08. The number of benzene rings is 1. The third-order valence-corrected chi connectivity index (χ3v) is 4.32. The molecule has 3 heterocycles. The molecule has 2 aromatic heterocycles. The number of fused-ring (bicyclic) bond motifs is 1. The van der Waals surface area contributed by atoms with Crippen LogP contribution in [-0.4, -0.2) is 27.8 Å². The second-order valence-corrected chi connectivity index (χ2v) is 6.70. The number of ether oxygens (including phenoxy) is 2. The van der Waals surface area contributed by atoms with Crippen molar-refractivity contribution in [2.75, 3.05) is 7.11 Å². The standard InChI is InChI=1S/C19H19N3O3/c1-19(2)11-14(13-6-4-5-7-15(13)24-19)18-21-17(22-25-18)12-8-9-20-16(10-12)23-3/h4-10,14H,11H2,1-3H3. The minimum absolute atomic E-state index is 0.00457. The Morgan fingerprint density at radius 3 is 2.88 bits per heavy atom. The summed E-state index contributed by atoms with van der Waals surface area (Å²) in [6.07, 6.45) is 2.43. The lowest BCUT2D eigenvalue weighted by Gasteiger charge is -2.36. The van der Waals surface area contributed by atoms with Crippen molar-refractivity contribution in [2.24, 2.45) is 0 Å². The summed E-state index contributed by atoms with van der Waals surface area (Å²) in [6.45, 7) is 4.14. The largest absolute Gasteiger partial charge is 0.488 e. The first-order valence-corrected chi connectivity index (χ1v) is 8.18. The van der Waals surface area contributed by atoms with Gasteiger partial charge in [0.25, 0.3) is 0 Å². The Morgan fingerprint density at radius 1 is 1.20 bits per heavy atom. The highest BCUT2D eigenvalue weighted by Gasteiger charge is 2.37. The van der Waals surface area contributed by atoms with Crippen molar-refractivity contribution in [1.82, 2.24) is 15.1 Å². The molecule has 0 amide bonds. The SMILES string of the molecule is COc1cc(-c2noc(C3CC(C)(C)Oc4ccccc43)n2)ccn1. The van der Waals surface area contributed by atoms with Crippen molar-refractivity contribution in [3.8, 4) is 23.0 Å². The molecule has 1 aromatic carbocycles. The van der Waals surface area contributed by atoms with E-state index in [9.17, 15) is 0 Å². The third kappa shape index (κ3) is 2.95. The predicted octanol–water partition coefficient (Wildman–Crippen LogP) is 3.83. The molecule has 25 heavy (non-hydrogen) atoms. The zero-order valence-corrected chi connectivity index (χ0v) is 14.4. The van der Waals surface area contributed by atoms with Gasteiger partial charge in [-0.3, -0.25) is 0 Å². The van der Waals surface area contributed by atoms with E-state index in [2.05, 4.69) is 35.0 Å². The second-order valence-electron chi connectivity index (χ2n) is 6.70. The van der Waals surface area contributed by atoms with Gasteiger partial charge in [-0.25, -0.2) is 4.98 Å². The highest BCUT2D eigenvalue weighted by atomic mass is 16.5. The monoisotopic (exact) mass is 337 g/mol. The molecule has 6 nitrogen and oxygen atoms in total. The zero-order chi connectivity index (χ0) is 17.4. The molecule has 3 aromatic rings.